The highest BCUT2D eigenvalue weighted by Crippen LogP contribution is 2.36. The second-order valence-electron chi connectivity index (χ2n) is 5.67. The number of thioether (sulfide) groups is 2. The Kier molecular flexibility index (Phi) is 6.31. The van der Waals surface area contributed by atoms with E-state index in [1.54, 1.807) is 24.2 Å². The fourth-order valence-corrected chi connectivity index (χ4v) is 4.73. The molecule has 1 unspecified atom stereocenters. The van der Waals surface area contributed by atoms with Crippen molar-refractivity contribution in [2.75, 3.05) is 24.6 Å². The maximum atomic E-state index is 14.0. The lowest BCUT2D eigenvalue weighted by atomic mass is 10.1. The third kappa shape index (κ3) is 4.95. The van der Waals surface area contributed by atoms with Gasteiger partial charge in [-0.15, -0.1) is 11.8 Å². The quantitative estimate of drug-likeness (QED) is 0.746. The number of nitrogens with zero attached hydrogens (tertiary/aromatic N) is 2. The average molecular weight is 380 g/mol. The van der Waals surface area contributed by atoms with Gasteiger partial charge in [-0.25, -0.2) is 8.78 Å². The molecule has 0 radical (unpaired) electrons. The van der Waals surface area contributed by atoms with E-state index >= 15 is 0 Å². The lowest BCUT2D eigenvalue weighted by Crippen LogP contribution is -2.34. The molecule has 3 nitrogen and oxygen atoms in total. The summed E-state index contributed by atoms with van der Waals surface area (Å²) < 4.78 is 27.4. The average Bonchev–Trinajstić information content (AvgIpc) is 2.89. The Hall–Kier alpha value is -1.60. The van der Waals surface area contributed by atoms with E-state index < -0.39 is 5.82 Å². The van der Waals surface area contributed by atoms with Crippen molar-refractivity contribution < 1.29 is 13.6 Å². The van der Waals surface area contributed by atoms with Crippen molar-refractivity contribution in [2.45, 2.75) is 16.6 Å². The molecular weight excluding hydrogens is 362 g/mol. The molecule has 1 aromatic heterocycles. The first-order valence-electron chi connectivity index (χ1n) is 8.00. The maximum absolute atomic E-state index is 14.0. The first kappa shape index (κ1) is 18.2. The number of hydrogen-bond acceptors (Lipinski definition) is 4. The monoisotopic (exact) mass is 380 g/mol. The molecule has 0 saturated carbocycles. The summed E-state index contributed by atoms with van der Waals surface area (Å²) in [6.07, 6.45) is 4.03. The molecule has 1 aliphatic heterocycles. The smallest absolute Gasteiger partial charge is 0.232 e. The largest absolute Gasteiger partial charge is 0.341 e. The lowest BCUT2D eigenvalue weighted by Gasteiger charge is -2.20. The number of aromatic nitrogens is 1. The molecule has 0 bridgehead atoms. The van der Waals surface area contributed by atoms with E-state index in [1.807, 2.05) is 17.0 Å². The molecule has 0 N–H and O–H groups in total. The van der Waals surface area contributed by atoms with Gasteiger partial charge in [0, 0.05) is 46.9 Å². The molecule has 132 valence electrons. The Morgan fingerprint density at radius 1 is 1.24 bits per heavy atom. The van der Waals surface area contributed by atoms with Crippen LogP contribution in [0.2, 0.25) is 0 Å². The molecule has 2 aromatic rings. The second kappa shape index (κ2) is 8.67. The fourth-order valence-electron chi connectivity index (χ4n) is 2.70. The van der Waals surface area contributed by atoms with Crippen molar-refractivity contribution in [2.24, 2.45) is 0 Å². The van der Waals surface area contributed by atoms with E-state index in [-0.39, 0.29) is 17.0 Å². The van der Waals surface area contributed by atoms with Crippen molar-refractivity contribution in [1.82, 2.24) is 9.88 Å². The third-order valence-corrected chi connectivity index (χ3v) is 6.32. The number of carbonyl (C=O) groups is 1. The fraction of sp³-hybridized carbons (Fsp3) is 0.333. The molecule has 1 amide bonds. The van der Waals surface area contributed by atoms with Crippen molar-refractivity contribution in [3.8, 4) is 0 Å². The topological polar surface area (TPSA) is 33.2 Å². The number of hydrogen-bond donors (Lipinski definition) is 0. The van der Waals surface area contributed by atoms with Crippen LogP contribution in [0.25, 0.3) is 0 Å². The third-order valence-electron chi connectivity index (χ3n) is 4.01. The second-order valence-corrected chi connectivity index (χ2v) is 8.03. The number of halogens is 2. The summed E-state index contributed by atoms with van der Waals surface area (Å²) in [7, 11) is 0. The molecule has 3 rings (SSSR count). The van der Waals surface area contributed by atoms with Gasteiger partial charge in [-0.2, -0.15) is 11.8 Å². The van der Waals surface area contributed by atoms with Crippen LogP contribution in [0.5, 0.6) is 0 Å². The summed E-state index contributed by atoms with van der Waals surface area (Å²) in [6, 6.07) is 7.32. The molecule has 1 atom stereocenters. The SMILES string of the molecule is O=C(CSc1ccncc1)N1CCSC(c2cc(F)ccc2F)CC1. The highest BCUT2D eigenvalue weighted by Gasteiger charge is 2.24. The Labute approximate surface area is 154 Å². The summed E-state index contributed by atoms with van der Waals surface area (Å²) >= 11 is 3.06. The summed E-state index contributed by atoms with van der Waals surface area (Å²) in [5.74, 6) is 0.345. The summed E-state index contributed by atoms with van der Waals surface area (Å²) in [5.41, 5.74) is 0.394. The van der Waals surface area contributed by atoms with Crippen LogP contribution in [-0.4, -0.2) is 40.4 Å². The zero-order valence-corrected chi connectivity index (χ0v) is 15.2. The van der Waals surface area contributed by atoms with E-state index in [0.717, 1.165) is 11.0 Å². The summed E-state index contributed by atoms with van der Waals surface area (Å²) in [4.78, 5) is 19.2. The van der Waals surface area contributed by atoms with E-state index in [9.17, 15) is 13.6 Å². The van der Waals surface area contributed by atoms with Crippen molar-refractivity contribution >= 4 is 29.4 Å². The molecule has 7 heteroatoms. The number of carbonyl (C=O) groups excluding carboxylic acids is 1. The molecule has 2 heterocycles. The van der Waals surface area contributed by atoms with E-state index in [2.05, 4.69) is 4.98 Å². The zero-order valence-electron chi connectivity index (χ0n) is 13.5. The highest BCUT2D eigenvalue weighted by atomic mass is 32.2. The van der Waals surface area contributed by atoms with Gasteiger partial charge in [-0.3, -0.25) is 9.78 Å². The van der Waals surface area contributed by atoms with Gasteiger partial charge in [0.2, 0.25) is 5.91 Å². The van der Waals surface area contributed by atoms with Gasteiger partial charge in [0.1, 0.15) is 11.6 Å². The summed E-state index contributed by atoms with van der Waals surface area (Å²) in [5, 5.41) is -0.124. The molecule has 25 heavy (non-hydrogen) atoms. The van der Waals surface area contributed by atoms with Crippen LogP contribution in [-0.2, 0) is 4.79 Å². The lowest BCUT2D eigenvalue weighted by molar-refractivity contribution is -0.128. The maximum Gasteiger partial charge on any atom is 0.232 e. The molecule has 1 saturated heterocycles. The Bertz CT molecular complexity index is 730. The first-order chi connectivity index (χ1) is 12.1. The predicted molar refractivity (Wildman–Crippen MR) is 97.7 cm³/mol. The van der Waals surface area contributed by atoms with Gasteiger partial charge in [0.05, 0.1) is 5.75 Å². The predicted octanol–water partition coefficient (Wildman–Crippen LogP) is 4.16. The normalized spacial score (nSPS) is 18.0. The first-order valence-corrected chi connectivity index (χ1v) is 10.0. The highest BCUT2D eigenvalue weighted by molar-refractivity contribution is 8.00. The summed E-state index contributed by atoms with van der Waals surface area (Å²) in [6.45, 7) is 1.19. The number of pyridine rings is 1. The van der Waals surface area contributed by atoms with Gasteiger partial charge in [0.15, 0.2) is 0 Å². The molecule has 1 fully saturated rings. The Morgan fingerprint density at radius 3 is 2.84 bits per heavy atom. The van der Waals surface area contributed by atoms with Crippen LogP contribution >= 0.6 is 23.5 Å². The van der Waals surface area contributed by atoms with Crippen LogP contribution < -0.4 is 0 Å². The molecule has 0 aliphatic carbocycles. The van der Waals surface area contributed by atoms with Crippen molar-refractivity contribution in [3.05, 3.63) is 59.9 Å². The van der Waals surface area contributed by atoms with Crippen LogP contribution in [0.3, 0.4) is 0 Å². The van der Waals surface area contributed by atoms with Gasteiger partial charge in [-0.1, -0.05) is 0 Å². The molecule has 0 spiro atoms. The molecule has 1 aromatic carbocycles. The molecule has 1 aliphatic rings. The number of amides is 1. The Balaban J connectivity index is 1.57. The van der Waals surface area contributed by atoms with Crippen molar-refractivity contribution in [1.29, 1.82) is 0 Å². The van der Waals surface area contributed by atoms with Crippen LogP contribution in [0.15, 0.2) is 47.6 Å². The van der Waals surface area contributed by atoms with Gasteiger partial charge < -0.3 is 4.90 Å². The van der Waals surface area contributed by atoms with E-state index in [1.165, 1.54) is 23.9 Å². The standard InChI is InChI=1S/C18H18F2N2OS2/c19-13-1-2-16(20)15(11-13)17-5-8-22(9-10-24-17)18(23)12-25-14-3-6-21-7-4-14/h1-4,6-7,11,17H,5,8-10,12H2. The van der Waals surface area contributed by atoms with Gasteiger partial charge >= 0.3 is 0 Å². The number of rotatable bonds is 4. The van der Waals surface area contributed by atoms with E-state index in [4.69, 9.17) is 0 Å². The van der Waals surface area contributed by atoms with Gasteiger partial charge in [0.25, 0.3) is 0 Å². The minimum Gasteiger partial charge on any atom is -0.341 e. The van der Waals surface area contributed by atoms with Crippen molar-refractivity contribution in [3.63, 3.8) is 0 Å². The Morgan fingerprint density at radius 2 is 2.04 bits per heavy atom. The number of benzene rings is 1. The minimum atomic E-state index is -0.428. The minimum absolute atomic E-state index is 0.0720. The zero-order chi connectivity index (χ0) is 17.6. The van der Waals surface area contributed by atoms with Crippen LogP contribution in [0.1, 0.15) is 17.2 Å². The van der Waals surface area contributed by atoms with Crippen LogP contribution in [0.4, 0.5) is 8.78 Å². The van der Waals surface area contributed by atoms with Gasteiger partial charge in [-0.05, 0) is 36.8 Å². The van der Waals surface area contributed by atoms with E-state index in [0.29, 0.717) is 36.6 Å². The molecular formula is C18H18F2N2OS2. The van der Waals surface area contributed by atoms with Crippen LogP contribution in [0, 0.1) is 11.6 Å².